The molecule has 1 N–H and O–H groups in total. The van der Waals surface area contributed by atoms with Crippen LogP contribution in [0.4, 0.5) is 4.39 Å². The normalized spacial score (nSPS) is 10.3. The van der Waals surface area contributed by atoms with E-state index in [0.717, 1.165) is 11.4 Å². The number of nitrogens with zero attached hydrogens (tertiary/aromatic N) is 1. The van der Waals surface area contributed by atoms with Crippen molar-refractivity contribution in [2.24, 2.45) is 0 Å². The zero-order valence-corrected chi connectivity index (χ0v) is 11.4. The molecule has 0 atom stereocenters. The molecule has 4 heteroatoms. The van der Waals surface area contributed by atoms with E-state index in [4.69, 9.17) is 0 Å². The van der Waals surface area contributed by atoms with Crippen LogP contribution in [0.15, 0.2) is 42.5 Å². The van der Waals surface area contributed by atoms with Gasteiger partial charge in [0.1, 0.15) is 5.82 Å². The predicted octanol–water partition coefficient (Wildman–Crippen LogP) is 2.78. The Labute approximate surface area is 117 Å². The number of nitrogens with one attached hydrogen (secondary N) is 1. The van der Waals surface area contributed by atoms with E-state index >= 15 is 0 Å². The van der Waals surface area contributed by atoms with Crippen LogP contribution in [0.5, 0.6) is 0 Å². The molecule has 0 unspecified atom stereocenters. The van der Waals surface area contributed by atoms with Crippen LogP contribution in [0, 0.1) is 12.7 Å². The molecule has 0 saturated heterocycles. The number of carbonyl (C=O) groups excluding carboxylic acids is 1. The summed E-state index contributed by atoms with van der Waals surface area (Å²) in [7, 11) is 0. The standard InChI is InChI=1S/C16H17FN2O/c1-12-5-4-7-14(19-12)11-18-16(20)10-9-13-6-2-3-8-15(13)17/h2-8H,9-11H2,1H3,(H,18,20). The molecule has 0 aliphatic carbocycles. The highest BCUT2D eigenvalue weighted by Crippen LogP contribution is 2.08. The molecular formula is C16H17FN2O. The summed E-state index contributed by atoms with van der Waals surface area (Å²) in [6.07, 6.45) is 0.673. The molecule has 20 heavy (non-hydrogen) atoms. The molecule has 2 aromatic rings. The van der Waals surface area contributed by atoms with E-state index in [2.05, 4.69) is 10.3 Å². The lowest BCUT2D eigenvalue weighted by molar-refractivity contribution is -0.121. The van der Waals surface area contributed by atoms with Crippen LogP contribution in [0.3, 0.4) is 0 Å². The van der Waals surface area contributed by atoms with Crippen molar-refractivity contribution in [2.75, 3.05) is 0 Å². The van der Waals surface area contributed by atoms with Crippen LogP contribution in [-0.2, 0) is 17.8 Å². The number of hydrogen-bond acceptors (Lipinski definition) is 2. The predicted molar refractivity (Wildman–Crippen MR) is 75.5 cm³/mol. The molecule has 1 amide bonds. The molecule has 0 saturated carbocycles. The van der Waals surface area contributed by atoms with Gasteiger partial charge in [0.25, 0.3) is 0 Å². The molecule has 1 heterocycles. The Kier molecular flexibility index (Phi) is 4.82. The first-order chi connectivity index (χ1) is 9.65. The van der Waals surface area contributed by atoms with Gasteiger partial charge in [0.15, 0.2) is 0 Å². The van der Waals surface area contributed by atoms with Crippen molar-refractivity contribution < 1.29 is 9.18 Å². The number of halogens is 1. The molecule has 0 bridgehead atoms. The van der Waals surface area contributed by atoms with Crippen molar-refractivity contribution in [3.8, 4) is 0 Å². The number of rotatable bonds is 5. The minimum Gasteiger partial charge on any atom is -0.350 e. The summed E-state index contributed by atoms with van der Waals surface area (Å²) in [4.78, 5) is 16.0. The van der Waals surface area contributed by atoms with Gasteiger partial charge in [0, 0.05) is 12.1 Å². The molecule has 1 aromatic heterocycles. The van der Waals surface area contributed by atoms with Gasteiger partial charge < -0.3 is 5.32 Å². The SMILES string of the molecule is Cc1cccc(CNC(=O)CCc2ccccc2F)n1. The first-order valence-corrected chi connectivity index (χ1v) is 6.58. The summed E-state index contributed by atoms with van der Waals surface area (Å²) in [5.41, 5.74) is 2.31. The molecule has 104 valence electrons. The second kappa shape index (κ2) is 6.80. The second-order valence-corrected chi connectivity index (χ2v) is 4.64. The largest absolute Gasteiger partial charge is 0.350 e. The monoisotopic (exact) mass is 272 g/mol. The Morgan fingerprint density at radius 1 is 1.20 bits per heavy atom. The lowest BCUT2D eigenvalue weighted by Gasteiger charge is -2.06. The highest BCUT2D eigenvalue weighted by molar-refractivity contribution is 5.76. The third-order valence-electron chi connectivity index (χ3n) is 2.99. The van der Waals surface area contributed by atoms with Crippen molar-refractivity contribution in [2.45, 2.75) is 26.3 Å². The smallest absolute Gasteiger partial charge is 0.220 e. The van der Waals surface area contributed by atoms with Crippen LogP contribution in [0.2, 0.25) is 0 Å². The maximum Gasteiger partial charge on any atom is 0.220 e. The van der Waals surface area contributed by atoms with Crippen LogP contribution < -0.4 is 5.32 Å². The third kappa shape index (κ3) is 4.16. The van der Waals surface area contributed by atoms with Gasteiger partial charge in [-0.3, -0.25) is 9.78 Å². The number of carbonyl (C=O) groups is 1. The highest BCUT2D eigenvalue weighted by Gasteiger charge is 2.06. The molecule has 3 nitrogen and oxygen atoms in total. The average molecular weight is 272 g/mol. The Bertz CT molecular complexity index is 599. The van der Waals surface area contributed by atoms with Gasteiger partial charge in [-0.1, -0.05) is 24.3 Å². The van der Waals surface area contributed by atoms with E-state index in [9.17, 15) is 9.18 Å². The quantitative estimate of drug-likeness (QED) is 0.909. The van der Waals surface area contributed by atoms with Gasteiger partial charge >= 0.3 is 0 Å². The maximum atomic E-state index is 13.4. The Balaban J connectivity index is 1.80. The number of benzene rings is 1. The average Bonchev–Trinajstić information content (AvgIpc) is 2.44. The summed E-state index contributed by atoms with van der Waals surface area (Å²) in [5, 5.41) is 2.79. The van der Waals surface area contributed by atoms with E-state index < -0.39 is 0 Å². The topological polar surface area (TPSA) is 42.0 Å². The van der Waals surface area contributed by atoms with Gasteiger partial charge in [0.05, 0.1) is 12.2 Å². The van der Waals surface area contributed by atoms with Crippen molar-refractivity contribution >= 4 is 5.91 Å². The fourth-order valence-corrected chi connectivity index (χ4v) is 1.92. The zero-order valence-electron chi connectivity index (χ0n) is 11.4. The number of aryl methyl sites for hydroxylation is 2. The molecule has 0 fully saturated rings. The number of aromatic nitrogens is 1. The van der Waals surface area contributed by atoms with Gasteiger partial charge in [-0.15, -0.1) is 0 Å². The van der Waals surface area contributed by atoms with Crippen LogP contribution in [-0.4, -0.2) is 10.9 Å². The van der Waals surface area contributed by atoms with E-state index in [-0.39, 0.29) is 18.1 Å². The molecule has 0 aliphatic rings. The van der Waals surface area contributed by atoms with Crippen LogP contribution in [0.1, 0.15) is 23.4 Å². The molecular weight excluding hydrogens is 255 g/mol. The van der Waals surface area contributed by atoms with Crippen LogP contribution in [0.25, 0.3) is 0 Å². The second-order valence-electron chi connectivity index (χ2n) is 4.64. The third-order valence-corrected chi connectivity index (χ3v) is 2.99. The first-order valence-electron chi connectivity index (χ1n) is 6.58. The first kappa shape index (κ1) is 14.2. The lowest BCUT2D eigenvalue weighted by atomic mass is 10.1. The van der Waals surface area contributed by atoms with E-state index in [1.54, 1.807) is 18.2 Å². The Morgan fingerprint density at radius 3 is 2.75 bits per heavy atom. The molecule has 0 aliphatic heterocycles. The molecule has 2 rings (SSSR count). The van der Waals surface area contributed by atoms with Crippen molar-refractivity contribution in [1.82, 2.24) is 10.3 Å². The zero-order chi connectivity index (χ0) is 14.4. The van der Waals surface area contributed by atoms with E-state index in [1.165, 1.54) is 6.07 Å². The summed E-state index contributed by atoms with van der Waals surface area (Å²) in [5.74, 6) is -0.364. The molecule has 1 aromatic carbocycles. The molecule has 0 radical (unpaired) electrons. The fourth-order valence-electron chi connectivity index (χ4n) is 1.92. The maximum absolute atomic E-state index is 13.4. The van der Waals surface area contributed by atoms with Crippen LogP contribution >= 0.6 is 0 Å². The van der Waals surface area contributed by atoms with E-state index in [0.29, 0.717) is 18.5 Å². The minimum atomic E-state index is -0.263. The van der Waals surface area contributed by atoms with Crippen molar-refractivity contribution in [1.29, 1.82) is 0 Å². The number of pyridine rings is 1. The summed E-state index contributed by atoms with van der Waals surface area (Å²) >= 11 is 0. The van der Waals surface area contributed by atoms with E-state index in [1.807, 2.05) is 25.1 Å². The van der Waals surface area contributed by atoms with Gasteiger partial charge in [-0.05, 0) is 37.1 Å². The lowest BCUT2D eigenvalue weighted by Crippen LogP contribution is -2.23. The van der Waals surface area contributed by atoms with Gasteiger partial charge in [-0.2, -0.15) is 0 Å². The van der Waals surface area contributed by atoms with Crippen molar-refractivity contribution in [3.63, 3.8) is 0 Å². The number of amides is 1. The fraction of sp³-hybridized carbons (Fsp3) is 0.250. The van der Waals surface area contributed by atoms with Crippen molar-refractivity contribution in [3.05, 3.63) is 65.2 Å². The van der Waals surface area contributed by atoms with Gasteiger partial charge in [0.2, 0.25) is 5.91 Å². The summed E-state index contributed by atoms with van der Waals surface area (Å²) in [6.45, 7) is 2.31. The Morgan fingerprint density at radius 2 is 2.00 bits per heavy atom. The summed E-state index contributed by atoms with van der Waals surface area (Å²) < 4.78 is 13.4. The number of hydrogen-bond donors (Lipinski definition) is 1. The minimum absolute atomic E-state index is 0.100. The summed E-state index contributed by atoms with van der Waals surface area (Å²) in [6, 6.07) is 12.2. The Hall–Kier alpha value is -2.23. The van der Waals surface area contributed by atoms with Gasteiger partial charge in [-0.25, -0.2) is 4.39 Å². The highest BCUT2D eigenvalue weighted by atomic mass is 19.1. The molecule has 0 spiro atoms.